The van der Waals surface area contributed by atoms with E-state index in [-0.39, 0.29) is 18.4 Å². The molecule has 2 aliphatic heterocycles. The Bertz CT molecular complexity index is 768. The molecule has 3 aliphatic rings. The number of anilines is 1. The van der Waals surface area contributed by atoms with Gasteiger partial charge in [0.25, 0.3) is 11.8 Å². The quantitative estimate of drug-likeness (QED) is 0.618. The Labute approximate surface area is 171 Å². The topological polar surface area (TPSA) is 86.2 Å². The number of urea groups is 1. The van der Waals surface area contributed by atoms with Crippen molar-refractivity contribution in [1.82, 2.24) is 15.8 Å². The van der Waals surface area contributed by atoms with Gasteiger partial charge in [-0.3, -0.25) is 15.0 Å². The molecule has 8 heteroatoms. The van der Waals surface area contributed by atoms with E-state index >= 15 is 0 Å². The second-order valence-corrected chi connectivity index (χ2v) is 8.62. The summed E-state index contributed by atoms with van der Waals surface area (Å²) in [6, 6.07) is 9.73. The molecule has 3 fully saturated rings. The highest BCUT2D eigenvalue weighted by molar-refractivity contribution is 6.08. The number of carbonyl (C=O) groups excluding carboxylic acids is 3. The van der Waals surface area contributed by atoms with Crippen LogP contribution in [0.5, 0.6) is 0 Å². The van der Waals surface area contributed by atoms with Gasteiger partial charge in [0.2, 0.25) is 0 Å². The van der Waals surface area contributed by atoms with E-state index in [0.29, 0.717) is 18.8 Å². The van der Waals surface area contributed by atoms with Crippen molar-refractivity contribution in [2.24, 2.45) is 5.92 Å². The van der Waals surface area contributed by atoms with Crippen LogP contribution in [0.25, 0.3) is 0 Å². The fourth-order valence-corrected chi connectivity index (χ4v) is 4.60. The molecule has 0 radical (unpaired) electrons. The maximum Gasteiger partial charge on any atom is 0.344 e. The Morgan fingerprint density at radius 2 is 1.83 bits per heavy atom. The highest BCUT2D eigenvalue weighted by Gasteiger charge is 2.53. The predicted molar refractivity (Wildman–Crippen MR) is 108 cm³/mol. The van der Waals surface area contributed by atoms with Crippen molar-refractivity contribution >= 4 is 23.5 Å². The molecule has 156 valence electrons. The molecule has 29 heavy (non-hydrogen) atoms. The van der Waals surface area contributed by atoms with Crippen molar-refractivity contribution in [2.45, 2.75) is 38.1 Å². The summed E-state index contributed by atoms with van der Waals surface area (Å²) in [5.41, 5.74) is 2.92. The predicted octanol–water partition coefficient (Wildman–Crippen LogP) is -0.0766. The second-order valence-electron chi connectivity index (χ2n) is 8.62. The number of rotatable bonds is 4. The lowest BCUT2D eigenvalue weighted by Gasteiger charge is -2.34. The minimum Gasteiger partial charge on any atom is -0.360 e. The number of amides is 4. The van der Waals surface area contributed by atoms with Gasteiger partial charge in [0.1, 0.15) is 5.54 Å². The third-order valence-corrected chi connectivity index (χ3v) is 6.53. The number of quaternary nitrogens is 1. The molecule has 2 saturated heterocycles. The first-order valence-electron chi connectivity index (χ1n) is 10.6. The number of hydrazine groups is 1. The van der Waals surface area contributed by atoms with Gasteiger partial charge >= 0.3 is 6.03 Å². The average Bonchev–Trinajstić information content (AvgIpc) is 2.96. The molecule has 1 spiro atoms. The molecule has 0 unspecified atom stereocenters. The van der Waals surface area contributed by atoms with Gasteiger partial charge in [-0.2, -0.15) is 5.01 Å². The molecule has 4 rings (SSSR count). The summed E-state index contributed by atoms with van der Waals surface area (Å²) >= 11 is 0. The Morgan fingerprint density at radius 3 is 2.48 bits per heavy atom. The molecule has 8 nitrogen and oxygen atoms in total. The van der Waals surface area contributed by atoms with Crippen molar-refractivity contribution in [2.75, 3.05) is 37.6 Å². The first-order valence-corrected chi connectivity index (χ1v) is 10.6. The van der Waals surface area contributed by atoms with Gasteiger partial charge < -0.3 is 15.1 Å². The van der Waals surface area contributed by atoms with E-state index in [4.69, 9.17) is 0 Å². The molecule has 0 atom stereocenters. The van der Waals surface area contributed by atoms with Crippen LogP contribution >= 0.6 is 0 Å². The third kappa shape index (κ3) is 4.07. The minimum absolute atomic E-state index is 0.254. The van der Waals surface area contributed by atoms with E-state index in [0.717, 1.165) is 48.9 Å². The second kappa shape index (κ2) is 8.02. The molecule has 1 aromatic rings. The van der Waals surface area contributed by atoms with Crippen LogP contribution in [-0.2, 0) is 9.59 Å². The number of nitrogens with one attached hydrogen (secondary N) is 3. The van der Waals surface area contributed by atoms with E-state index < -0.39 is 11.6 Å². The Balaban J connectivity index is 1.28. The number of carbonyl (C=O) groups is 3. The fourth-order valence-electron chi connectivity index (χ4n) is 4.60. The monoisotopic (exact) mass is 400 g/mol. The summed E-state index contributed by atoms with van der Waals surface area (Å²) in [6.07, 6.45) is 3.09. The summed E-state index contributed by atoms with van der Waals surface area (Å²) in [7, 11) is 0. The number of hydrogen-bond donors (Lipinski definition) is 3. The molecule has 2 heterocycles. The Kier molecular flexibility index (Phi) is 5.45. The van der Waals surface area contributed by atoms with Crippen molar-refractivity contribution in [3.63, 3.8) is 0 Å². The molecular formula is C21H30N5O3+. The molecule has 1 aromatic carbocycles. The van der Waals surface area contributed by atoms with Crippen LogP contribution in [0.4, 0.5) is 10.5 Å². The maximum absolute atomic E-state index is 12.8. The van der Waals surface area contributed by atoms with Crippen molar-refractivity contribution in [3.8, 4) is 0 Å². The van der Waals surface area contributed by atoms with Crippen LogP contribution in [0.3, 0.4) is 0 Å². The van der Waals surface area contributed by atoms with Gasteiger partial charge in [-0.1, -0.05) is 25.1 Å². The van der Waals surface area contributed by atoms with Gasteiger partial charge in [0.05, 0.1) is 26.2 Å². The largest absolute Gasteiger partial charge is 0.360 e. The van der Waals surface area contributed by atoms with E-state index in [2.05, 4.69) is 34.7 Å². The van der Waals surface area contributed by atoms with Crippen LogP contribution in [0.15, 0.2) is 30.3 Å². The Morgan fingerprint density at radius 1 is 1.17 bits per heavy atom. The number of nitrogens with zero attached hydrogens (tertiary/aromatic N) is 2. The number of imide groups is 1. The summed E-state index contributed by atoms with van der Waals surface area (Å²) in [4.78, 5) is 41.2. The van der Waals surface area contributed by atoms with Crippen LogP contribution in [0.2, 0.25) is 0 Å². The average molecular weight is 401 g/mol. The van der Waals surface area contributed by atoms with Crippen molar-refractivity contribution in [1.29, 1.82) is 0 Å². The van der Waals surface area contributed by atoms with Crippen LogP contribution in [0.1, 0.15) is 32.6 Å². The van der Waals surface area contributed by atoms with Crippen molar-refractivity contribution in [3.05, 3.63) is 30.3 Å². The molecule has 4 amide bonds. The first kappa shape index (κ1) is 19.7. The lowest BCUT2D eigenvalue weighted by atomic mass is 9.77. The fraction of sp³-hybridized carbons (Fsp3) is 0.571. The van der Waals surface area contributed by atoms with Gasteiger partial charge in [0.15, 0.2) is 6.54 Å². The lowest BCUT2D eigenvalue weighted by Crippen LogP contribution is -3.16. The molecule has 1 saturated carbocycles. The van der Waals surface area contributed by atoms with Crippen LogP contribution in [-0.4, -0.2) is 61.1 Å². The SMILES string of the molecule is CC1CCC2(CC1)NC(=O)N(NC(=O)C[NH+]1CCN(c3ccccc3)CC1)C2=O. The summed E-state index contributed by atoms with van der Waals surface area (Å²) in [5.74, 6) is -0.0448. The van der Waals surface area contributed by atoms with Gasteiger partial charge in [-0.25, -0.2) is 4.79 Å². The van der Waals surface area contributed by atoms with Crippen LogP contribution in [0, 0.1) is 5.92 Å². The summed E-state index contributed by atoms with van der Waals surface area (Å²) in [6.45, 7) is 5.83. The van der Waals surface area contributed by atoms with Gasteiger partial charge in [0, 0.05) is 5.69 Å². The molecule has 1 aliphatic carbocycles. The number of hydrogen-bond acceptors (Lipinski definition) is 4. The van der Waals surface area contributed by atoms with E-state index in [9.17, 15) is 14.4 Å². The molecular weight excluding hydrogens is 370 g/mol. The highest BCUT2D eigenvalue weighted by atomic mass is 16.2. The van der Waals surface area contributed by atoms with Gasteiger partial charge in [-0.15, -0.1) is 0 Å². The zero-order chi connectivity index (χ0) is 20.4. The Hall–Kier alpha value is -2.61. The third-order valence-electron chi connectivity index (χ3n) is 6.53. The highest BCUT2D eigenvalue weighted by Crippen LogP contribution is 2.35. The standard InChI is InChI=1S/C21H29N5O3/c1-16-7-9-21(10-8-16)19(28)26(20(29)22-21)23-18(27)15-24-11-13-25(14-12-24)17-5-3-2-4-6-17/h2-6,16H,7-15H2,1H3,(H,22,29)(H,23,27)/p+1. The van der Waals surface area contributed by atoms with E-state index in [1.165, 1.54) is 5.69 Å². The zero-order valence-corrected chi connectivity index (χ0v) is 16.9. The van der Waals surface area contributed by atoms with E-state index in [1.807, 2.05) is 18.2 Å². The lowest BCUT2D eigenvalue weighted by molar-refractivity contribution is -0.892. The zero-order valence-electron chi connectivity index (χ0n) is 16.9. The normalized spacial score (nSPS) is 28.0. The smallest absolute Gasteiger partial charge is 0.344 e. The summed E-state index contributed by atoms with van der Waals surface area (Å²) < 4.78 is 0. The number of benzene rings is 1. The maximum atomic E-state index is 12.8. The minimum atomic E-state index is -0.828. The molecule has 3 N–H and O–H groups in total. The number of para-hydroxylation sites is 1. The first-order chi connectivity index (χ1) is 14.0. The number of piperazine rings is 1. The van der Waals surface area contributed by atoms with Crippen molar-refractivity contribution < 1.29 is 19.3 Å². The van der Waals surface area contributed by atoms with Gasteiger partial charge in [-0.05, 0) is 43.7 Å². The van der Waals surface area contributed by atoms with Crippen LogP contribution < -0.4 is 20.5 Å². The van der Waals surface area contributed by atoms with E-state index in [1.54, 1.807) is 0 Å². The summed E-state index contributed by atoms with van der Waals surface area (Å²) in [5, 5.41) is 3.73. The molecule has 0 bridgehead atoms. The molecule has 0 aromatic heterocycles.